The molecule has 156 valence electrons. The number of anilines is 2. The van der Waals surface area contributed by atoms with Crippen LogP contribution in [0.25, 0.3) is 0 Å². The van der Waals surface area contributed by atoms with Crippen molar-refractivity contribution in [3.63, 3.8) is 0 Å². The summed E-state index contributed by atoms with van der Waals surface area (Å²) in [7, 11) is 6.18. The number of hydrogen-bond donors (Lipinski definition) is 2. The van der Waals surface area contributed by atoms with Gasteiger partial charge in [0.05, 0.1) is 6.04 Å². The zero-order chi connectivity index (χ0) is 20.8. The number of carbonyl (C=O) groups excluding carboxylic acids is 1. The van der Waals surface area contributed by atoms with Crippen LogP contribution in [0.5, 0.6) is 0 Å². The van der Waals surface area contributed by atoms with E-state index in [0.717, 1.165) is 31.9 Å². The first-order valence-corrected chi connectivity index (χ1v) is 9.92. The highest BCUT2D eigenvalue weighted by Gasteiger charge is 2.24. The number of halogens is 1. The summed E-state index contributed by atoms with van der Waals surface area (Å²) in [6, 6.07) is 14.0. The highest BCUT2D eigenvalue weighted by Crippen LogP contribution is 2.24. The molecule has 2 aromatic carbocycles. The maximum absolute atomic E-state index is 13.0. The molecule has 0 unspecified atom stereocenters. The van der Waals surface area contributed by atoms with E-state index >= 15 is 0 Å². The summed E-state index contributed by atoms with van der Waals surface area (Å²) < 4.78 is 13.0. The summed E-state index contributed by atoms with van der Waals surface area (Å²) >= 11 is 0. The molecule has 0 radical (unpaired) electrons. The molecule has 1 atom stereocenters. The van der Waals surface area contributed by atoms with E-state index in [2.05, 4.69) is 56.6 Å². The minimum absolute atomic E-state index is 0.0962. The highest BCUT2D eigenvalue weighted by atomic mass is 19.1. The highest BCUT2D eigenvalue weighted by molar-refractivity contribution is 5.89. The zero-order valence-electron chi connectivity index (χ0n) is 17.4. The molecule has 6 nitrogen and oxygen atoms in total. The summed E-state index contributed by atoms with van der Waals surface area (Å²) in [5.41, 5.74) is 2.89. The van der Waals surface area contributed by atoms with Crippen molar-refractivity contribution in [3.05, 3.63) is 59.9 Å². The van der Waals surface area contributed by atoms with Crippen LogP contribution in [0.2, 0.25) is 0 Å². The number of rotatable bonds is 6. The molecule has 0 aliphatic carbocycles. The third-order valence-electron chi connectivity index (χ3n) is 5.33. The van der Waals surface area contributed by atoms with E-state index < -0.39 is 0 Å². The minimum Gasteiger partial charge on any atom is -0.378 e. The first-order valence-electron chi connectivity index (χ1n) is 9.92. The summed E-state index contributed by atoms with van der Waals surface area (Å²) in [5.74, 6) is -0.327. The van der Waals surface area contributed by atoms with Gasteiger partial charge in [-0.25, -0.2) is 9.18 Å². The minimum atomic E-state index is -0.327. The van der Waals surface area contributed by atoms with Crippen LogP contribution in [0.1, 0.15) is 11.6 Å². The molecule has 0 spiro atoms. The SMILES string of the molecule is CN1CCN([C@@H](CNC(=O)Nc2ccc(F)cc2)c2ccc(N(C)C)cc2)CC1. The van der Waals surface area contributed by atoms with Gasteiger partial charge in [0.15, 0.2) is 0 Å². The third-order valence-corrected chi connectivity index (χ3v) is 5.33. The van der Waals surface area contributed by atoms with Gasteiger partial charge in [0.1, 0.15) is 5.82 Å². The van der Waals surface area contributed by atoms with Crippen LogP contribution in [0.4, 0.5) is 20.6 Å². The Morgan fingerprint density at radius 2 is 1.66 bits per heavy atom. The lowest BCUT2D eigenvalue weighted by atomic mass is 10.0. The molecule has 1 heterocycles. The standard InChI is InChI=1S/C22H30FN5O/c1-26(2)20-10-4-17(5-11-20)21(28-14-12-27(3)13-15-28)16-24-22(29)25-19-8-6-18(23)7-9-19/h4-11,21H,12-16H2,1-3H3,(H2,24,25,29)/t21-/m0/s1. The monoisotopic (exact) mass is 399 g/mol. The van der Waals surface area contributed by atoms with E-state index in [0.29, 0.717) is 12.2 Å². The van der Waals surface area contributed by atoms with Crippen molar-refractivity contribution in [2.75, 3.05) is 64.1 Å². The number of piperazine rings is 1. The molecule has 2 N–H and O–H groups in total. The molecule has 1 saturated heterocycles. The predicted octanol–water partition coefficient (Wildman–Crippen LogP) is 3.00. The Bertz CT molecular complexity index is 786. The second-order valence-corrected chi connectivity index (χ2v) is 7.68. The molecule has 1 aliphatic heterocycles. The molecule has 1 aliphatic rings. The normalized spacial score (nSPS) is 16.3. The van der Waals surface area contributed by atoms with E-state index in [1.54, 1.807) is 12.1 Å². The molecular formula is C22H30FN5O. The average molecular weight is 400 g/mol. The maximum Gasteiger partial charge on any atom is 0.319 e. The Balaban J connectivity index is 1.67. The first-order chi connectivity index (χ1) is 13.9. The fraction of sp³-hybridized carbons (Fsp3) is 0.409. The molecule has 2 amide bonds. The van der Waals surface area contributed by atoms with Gasteiger partial charge in [0, 0.05) is 58.2 Å². The fourth-order valence-electron chi connectivity index (χ4n) is 3.48. The topological polar surface area (TPSA) is 50.9 Å². The zero-order valence-corrected chi connectivity index (χ0v) is 17.4. The van der Waals surface area contributed by atoms with Crippen molar-refractivity contribution in [2.45, 2.75) is 6.04 Å². The van der Waals surface area contributed by atoms with Crippen molar-refractivity contribution in [1.82, 2.24) is 15.1 Å². The summed E-state index contributed by atoms with van der Waals surface area (Å²) in [5, 5.41) is 5.74. The van der Waals surface area contributed by atoms with Crippen molar-refractivity contribution in [3.8, 4) is 0 Å². The molecule has 0 bridgehead atoms. The number of likely N-dealkylation sites (N-methyl/N-ethyl adjacent to an activating group) is 1. The number of nitrogens with one attached hydrogen (secondary N) is 2. The molecule has 0 saturated carbocycles. The van der Waals surface area contributed by atoms with Crippen LogP contribution in [-0.2, 0) is 0 Å². The van der Waals surface area contributed by atoms with Crippen molar-refractivity contribution in [2.24, 2.45) is 0 Å². The van der Waals surface area contributed by atoms with Crippen LogP contribution >= 0.6 is 0 Å². The van der Waals surface area contributed by atoms with E-state index in [9.17, 15) is 9.18 Å². The van der Waals surface area contributed by atoms with Gasteiger partial charge in [-0.05, 0) is 49.0 Å². The van der Waals surface area contributed by atoms with E-state index in [4.69, 9.17) is 0 Å². The number of hydrogen-bond acceptors (Lipinski definition) is 4. The summed E-state index contributed by atoms with van der Waals surface area (Å²) in [6.07, 6.45) is 0. The summed E-state index contributed by atoms with van der Waals surface area (Å²) in [4.78, 5) is 19.2. The van der Waals surface area contributed by atoms with Gasteiger partial charge in [0.25, 0.3) is 0 Å². The van der Waals surface area contributed by atoms with Crippen LogP contribution in [0.3, 0.4) is 0 Å². The van der Waals surface area contributed by atoms with Crippen molar-refractivity contribution >= 4 is 17.4 Å². The lowest BCUT2D eigenvalue weighted by molar-refractivity contribution is 0.111. The van der Waals surface area contributed by atoms with Gasteiger partial charge < -0.3 is 20.4 Å². The summed E-state index contributed by atoms with van der Waals surface area (Å²) in [6.45, 7) is 4.43. The van der Waals surface area contributed by atoms with Gasteiger partial charge in [-0.3, -0.25) is 4.90 Å². The number of urea groups is 1. The number of amides is 2. The maximum atomic E-state index is 13.0. The molecule has 2 aromatic rings. The Morgan fingerprint density at radius 3 is 2.24 bits per heavy atom. The molecule has 1 fully saturated rings. The van der Waals surface area contributed by atoms with Crippen LogP contribution in [0, 0.1) is 5.82 Å². The van der Waals surface area contributed by atoms with Crippen molar-refractivity contribution < 1.29 is 9.18 Å². The largest absolute Gasteiger partial charge is 0.378 e. The first kappa shape index (κ1) is 21.1. The van der Waals surface area contributed by atoms with Crippen LogP contribution in [-0.4, -0.2) is 69.7 Å². The average Bonchev–Trinajstić information content (AvgIpc) is 2.71. The van der Waals surface area contributed by atoms with E-state index in [1.165, 1.54) is 17.7 Å². The second kappa shape index (κ2) is 9.71. The van der Waals surface area contributed by atoms with Crippen LogP contribution < -0.4 is 15.5 Å². The third kappa shape index (κ3) is 5.92. The van der Waals surface area contributed by atoms with E-state index in [1.807, 2.05) is 14.1 Å². The predicted molar refractivity (Wildman–Crippen MR) is 116 cm³/mol. The van der Waals surface area contributed by atoms with Gasteiger partial charge >= 0.3 is 6.03 Å². The smallest absolute Gasteiger partial charge is 0.319 e. The molecule has 29 heavy (non-hydrogen) atoms. The van der Waals surface area contributed by atoms with Crippen molar-refractivity contribution in [1.29, 1.82) is 0 Å². The quantitative estimate of drug-likeness (QED) is 0.784. The van der Waals surface area contributed by atoms with Crippen LogP contribution in [0.15, 0.2) is 48.5 Å². The Labute approximate surface area is 172 Å². The number of carbonyl (C=O) groups is 1. The second-order valence-electron chi connectivity index (χ2n) is 7.68. The fourth-order valence-corrected chi connectivity index (χ4v) is 3.48. The lowest BCUT2D eigenvalue weighted by Crippen LogP contribution is -2.48. The number of benzene rings is 2. The molecular weight excluding hydrogens is 369 g/mol. The molecule has 7 heteroatoms. The molecule has 3 rings (SSSR count). The number of nitrogens with zero attached hydrogens (tertiary/aromatic N) is 3. The van der Waals surface area contributed by atoms with Gasteiger partial charge in [-0.1, -0.05) is 12.1 Å². The van der Waals surface area contributed by atoms with Gasteiger partial charge in [-0.2, -0.15) is 0 Å². The Kier molecular flexibility index (Phi) is 7.06. The van der Waals surface area contributed by atoms with Gasteiger partial charge in [0.2, 0.25) is 0 Å². The van der Waals surface area contributed by atoms with Gasteiger partial charge in [-0.15, -0.1) is 0 Å². The Morgan fingerprint density at radius 1 is 1.03 bits per heavy atom. The Hall–Kier alpha value is -2.64. The molecule has 0 aromatic heterocycles. The lowest BCUT2D eigenvalue weighted by Gasteiger charge is -2.38. The van der Waals surface area contributed by atoms with E-state index in [-0.39, 0.29) is 17.9 Å².